The van der Waals surface area contributed by atoms with Gasteiger partial charge in [0.1, 0.15) is 0 Å². The van der Waals surface area contributed by atoms with Gasteiger partial charge in [-0.05, 0) is 50.6 Å². The largest absolute Gasteiger partial charge is 0.481 e. The van der Waals surface area contributed by atoms with Gasteiger partial charge in [-0.25, -0.2) is 0 Å². The van der Waals surface area contributed by atoms with Crippen LogP contribution in [0.25, 0.3) is 0 Å². The summed E-state index contributed by atoms with van der Waals surface area (Å²) in [6.45, 7) is 2.24. The van der Waals surface area contributed by atoms with Gasteiger partial charge in [-0.2, -0.15) is 0 Å². The Labute approximate surface area is 78.5 Å². The molecular weight excluding hydrogens is 166 g/mol. The predicted molar refractivity (Wildman–Crippen MR) is 49.4 cm³/mol. The molecule has 0 amide bonds. The molecule has 3 nitrogen and oxygen atoms in total. The number of rotatable bonds is 3. The fourth-order valence-corrected chi connectivity index (χ4v) is 2.36. The minimum atomic E-state index is -0.584. The number of carbonyl (C=O) groups is 1. The second kappa shape index (κ2) is 3.66. The predicted octanol–water partition coefficient (Wildman–Crippen LogP) is 1.10. The van der Waals surface area contributed by atoms with Crippen molar-refractivity contribution in [3.8, 4) is 0 Å². The maximum Gasteiger partial charge on any atom is 0.306 e. The highest BCUT2D eigenvalue weighted by Crippen LogP contribution is 2.44. The summed E-state index contributed by atoms with van der Waals surface area (Å²) in [5.74, 6) is 0.699. The van der Waals surface area contributed by atoms with Crippen LogP contribution in [0.15, 0.2) is 0 Å². The second-order valence-electron chi connectivity index (χ2n) is 4.37. The molecule has 13 heavy (non-hydrogen) atoms. The summed E-state index contributed by atoms with van der Waals surface area (Å²) in [5, 5.41) is 12.1. The molecule has 2 unspecified atom stereocenters. The second-order valence-corrected chi connectivity index (χ2v) is 4.37. The van der Waals surface area contributed by atoms with Gasteiger partial charge >= 0.3 is 5.97 Å². The first-order valence-electron chi connectivity index (χ1n) is 5.21. The molecule has 0 spiro atoms. The Morgan fingerprint density at radius 1 is 1.38 bits per heavy atom. The van der Waals surface area contributed by atoms with Crippen molar-refractivity contribution in [2.45, 2.75) is 25.7 Å². The van der Waals surface area contributed by atoms with Crippen LogP contribution in [-0.2, 0) is 4.79 Å². The first kappa shape index (κ1) is 9.00. The molecule has 2 fully saturated rings. The van der Waals surface area contributed by atoms with Gasteiger partial charge in [0.2, 0.25) is 0 Å². The van der Waals surface area contributed by atoms with Crippen LogP contribution in [-0.4, -0.2) is 24.2 Å². The lowest BCUT2D eigenvalue weighted by molar-refractivity contribution is -0.138. The van der Waals surface area contributed by atoms with E-state index in [-0.39, 0.29) is 5.92 Å². The topological polar surface area (TPSA) is 49.3 Å². The summed E-state index contributed by atoms with van der Waals surface area (Å²) in [6.07, 6.45) is 4.56. The van der Waals surface area contributed by atoms with Crippen molar-refractivity contribution in [2.24, 2.45) is 17.8 Å². The summed E-state index contributed by atoms with van der Waals surface area (Å²) in [6, 6.07) is 0. The Morgan fingerprint density at radius 2 is 2.08 bits per heavy atom. The first-order valence-corrected chi connectivity index (χ1v) is 5.21. The van der Waals surface area contributed by atoms with E-state index in [1.54, 1.807) is 0 Å². The van der Waals surface area contributed by atoms with Gasteiger partial charge in [0, 0.05) is 0 Å². The van der Waals surface area contributed by atoms with Crippen LogP contribution in [0.2, 0.25) is 0 Å². The lowest BCUT2D eigenvalue weighted by Crippen LogP contribution is -2.28. The van der Waals surface area contributed by atoms with Crippen LogP contribution >= 0.6 is 0 Å². The molecule has 0 aromatic rings. The standard InChI is InChI=1S/C10H17NO2/c12-10(13)9-6-8(9)5-7-1-3-11-4-2-7/h7-9,11H,1-6H2,(H,12,13). The van der Waals surface area contributed by atoms with E-state index in [0.717, 1.165) is 31.8 Å². The quantitative estimate of drug-likeness (QED) is 0.688. The van der Waals surface area contributed by atoms with Gasteiger partial charge in [-0.1, -0.05) is 0 Å². The van der Waals surface area contributed by atoms with E-state index in [0.29, 0.717) is 5.92 Å². The highest BCUT2D eigenvalue weighted by atomic mass is 16.4. The van der Waals surface area contributed by atoms with Crippen molar-refractivity contribution in [1.82, 2.24) is 5.32 Å². The van der Waals surface area contributed by atoms with Crippen LogP contribution in [0.4, 0.5) is 0 Å². The minimum absolute atomic E-state index is 0.00474. The number of carboxylic acid groups (broad SMARTS) is 1. The monoisotopic (exact) mass is 183 g/mol. The van der Waals surface area contributed by atoms with E-state index in [9.17, 15) is 4.79 Å². The number of hydrogen-bond donors (Lipinski definition) is 2. The van der Waals surface area contributed by atoms with Gasteiger partial charge in [0.15, 0.2) is 0 Å². The molecule has 2 atom stereocenters. The number of piperidine rings is 1. The molecule has 1 heterocycles. The Hall–Kier alpha value is -0.570. The zero-order chi connectivity index (χ0) is 9.26. The van der Waals surface area contributed by atoms with Crippen molar-refractivity contribution in [3.05, 3.63) is 0 Å². The van der Waals surface area contributed by atoms with Crippen molar-refractivity contribution in [1.29, 1.82) is 0 Å². The molecule has 1 saturated carbocycles. The average Bonchev–Trinajstić information content (AvgIpc) is 2.86. The normalized spacial score (nSPS) is 34.5. The number of carboxylic acids is 1. The molecule has 3 heteroatoms. The molecule has 0 aromatic heterocycles. The van der Waals surface area contributed by atoms with Crippen molar-refractivity contribution in [2.75, 3.05) is 13.1 Å². The highest BCUT2D eigenvalue weighted by Gasteiger charge is 2.43. The molecular formula is C10H17NO2. The maximum atomic E-state index is 10.6. The Kier molecular flexibility index (Phi) is 2.54. The third-order valence-electron chi connectivity index (χ3n) is 3.33. The van der Waals surface area contributed by atoms with E-state index in [1.165, 1.54) is 12.8 Å². The van der Waals surface area contributed by atoms with Crippen molar-refractivity contribution in [3.63, 3.8) is 0 Å². The van der Waals surface area contributed by atoms with Gasteiger partial charge in [-0.3, -0.25) is 4.79 Å². The number of aliphatic carboxylic acids is 1. The third-order valence-corrected chi connectivity index (χ3v) is 3.33. The zero-order valence-electron chi connectivity index (χ0n) is 7.83. The van der Waals surface area contributed by atoms with Crippen molar-refractivity contribution < 1.29 is 9.90 Å². The van der Waals surface area contributed by atoms with Crippen LogP contribution in [0.3, 0.4) is 0 Å². The summed E-state index contributed by atoms with van der Waals surface area (Å²) in [5.41, 5.74) is 0. The molecule has 1 aliphatic carbocycles. The van der Waals surface area contributed by atoms with E-state index in [4.69, 9.17) is 5.11 Å². The van der Waals surface area contributed by atoms with Crippen LogP contribution in [0.5, 0.6) is 0 Å². The molecule has 1 saturated heterocycles. The lowest BCUT2D eigenvalue weighted by atomic mass is 9.92. The third kappa shape index (κ3) is 2.21. The lowest BCUT2D eigenvalue weighted by Gasteiger charge is -2.22. The number of hydrogen-bond acceptors (Lipinski definition) is 2. The fourth-order valence-electron chi connectivity index (χ4n) is 2.36. The average molecular weight is 183 g/mol. The Balaban J connectivity index is 1.70. The first-order chi connectivity index (χ1) is 6.27. The number of nitrogens with one attached hydrogen (secondary N) is 1. The highest BCUT2D eigenvalue weighted by molar-refractivity contribution is 5.73. The van der Waals surface area contributed by atoms with Crippen molar-refractivity contribution >= 4 is 5.97 Å². The van der Waals surface area contributed by atoms with E-state index < -0.39 is 5.97 Å². The van der Waals surface area contributed by atoms with E-state index in [1.807, 2.05) is 0 Å². The summed E-state index contributed by atoms with van der Waals surface area (Å²) in [4.78, 5) is 10.6. The minimum Gasteiger partial charge on any atom is -0.481 e. The van der Waals surface area contributed by atoms with Crippen LogP contribution in [0, 0.1) is 17.8 Å². The van der Waals surface area contributed by atoms with Gasteiger partial charge in [-0.15, -0.1) is 0 Å². The summed E-state index contributed by atoms with van der Waals surface area (Å²) in [7, 11) is 0. The van der Waals surface area contributed by atoms with Crippen LogP contribution in [0.1, 0.15) is 25.7 Å². The Bertz CT molecular complexity index is 199. The zero-order valence-corrected chi connectivity index (χ0v) is 7.83. The molecule has 2 aliphatic rings. The van der Waals surface area contributed by atoms with Crippen LogP contribution < -0.4 is 5.32 Å². The van der Waals surface area contributed by atoms with Gasteiger partial charge in [0.25, 0.3) is 0 Å². The van der Waals surface area contributed by atoms with E-state index in [2.05, 4.69) is 5.32 Å². The molecule has 0 bridgehead atoms. The molecule has 0 radical (unpaired) electrons. The summed E-state index contributed by atoms with van der Waals surface area (Å²) < 4.78 is 0. The van der Waals surface area contributed by atoms with Gasteiger partial charge < -0.3 is 10.4 Å². The fraction of sp³-hybridized carbons (Fsp3) is 0.900. The molecule has 2 rings (SSSR count). The van der Waals surface area contributed by atoms with Gasteiger partial charge in [0.05, 0.1) is 5.92 Å². The molecule has 0 aromatic carbocycles. The smallest absolute Gasteiger partial charge is 0.306 e. The maximum absolute atomic E-state index is 10.6. The molecule has 1 aliphatic heterocycles. The van der Waals surface area contributed by atoms with E-state index >= 15 is 0 Å². The molecule has 74 valence electrons. The summed E-state index contributed by atoms with van der Waals surface area (Å²) >= 11 is 0. The molecule has 2 N–H and O–H groups in total. The Morgan fingerprint density at radius 3 is 2.62 bits per heavy atom. The SMILES string of the molecule is O=C(O)C1CC1CC1CCNCC1.